The van der Waals surface area contributed by atoms with E-state index in [-0.39, 0.29) is 6.04 Å². The van der Waals surface area contributed by atoms with Crippen LogP contribution in [0, 0.1) is 0 Å². The molecule has 0 spiro atoms. The third-order valence-electron chi connectivity index (χ3n) is 3.15. The van der Waals surface area contributed by atoms with Crippen molar-refractivity contribution in [2.45, 2.75) is 22.8 Å². The van der Waals surface area contributed by atoms with Crippen LogP contribution in [0.2, 0.25) is 0 Å². The summed E-state index contributed by atoms with van der Waals surface area (Å²) < 4.78 is 11.2. The normalized spacial score (nSPS) is 14.9. The zero-order valence-electron chi connectivity index (χ0n) is 11.3. The first kappa shape index (κ1) is 13.3. The van der Waals surface area contributed by atoms with E-state index in [1.165, 1.54) is 4.90 Å². The van der Waals surface area contributed by atoms with Gasteiger partial charge in [-0.2, -0.15) is 0 Å². The zero-order chi connectivity index (χ0) is 13.9. The predicted molar refractivity (Wildman–Crippen MR) is 80.6 cm³/mol. The Kier molecular flexibility index (Phi) is 3.85. The van der Waals surface area contributed by atoms with E-state index in [0.717, 1.165) is 22.0 Å². The van der Waals surface area contributed by atoms with E-state index in [2.05, 4.69) is 18.2 Å². The smallest absolute Gasteiger partial charge is 0.162 e. The summed E-state index contributed by atoms with van der Waals surface area (Å²) in [6.45, 7) is 3.23. The van der Waals surface area contributed by atoms with Gasteiger partial charge in [-0.1, -0.05) is 30.0 Å². The monoisotopic (exact) mass is 287 g/mol. The van der Waals surface area contributed by atoms with Crippen molar-refractivity contribution in [3.8, 4) is 11.5 Å². The van der Waals surface area contributed by atoms with Crippen LogP contribution in [0.15, 0.2) is 52.3 Å². The molecule has 2 aromatic carbocycles. The van der Waals surface area contributed by atoms with Gasteiger partial charge in [-0.3, -0.25) is 0 Å². The van der Waals surface area contributed by atoms with Gasteiger partial charge < -0.3 is 15.2 Å². The lowest BCUT2D eigenvalue weighted by molar-refractivity contribution is 0.171. The Balaban J connectivity index is 1.88. The number of hydrogen-bond acceptors (Lipinski definition) is 4. The van der Waals surface area contributed by atoms with E-state index in [4.69, 9.17) is 15.2 Å². The molecule has 0 saturated heterocycles. The third kappa shape index (κ3) is 2.76. The highest BCUT2D eigenvalue weighted by atomic mass is 32.2. The van der Waals surface area contributed by atoms with Gasteiger partial charge in [0.25, 0.3) is 0 Å². The maximum Gasteiger partial charge on any atom is 0.162 e. The van der Waals surface area contributed by atoms with Crippen molar-refractivity contribution in [2.75, 3.05) is 13.2 Å². The van der Waals surface area contributed by atoms with E-state index in [0.29, 0.717) is 13.2 Å². The largest absolute Gasteiger partial charge is 0.486 e. The Labute approximate surface area is 123 Å². The SMILES string of the molecule is C[C@H](N)c1ccccc1Sc1ccc2c(c1)OCCO2. The minimum absolute atomic E-state index is 0.0240. The molecule has 0 aliphatic carbocycles. The Bertz CT molecular complexity index is 613. The second-order valence-electron chi connectivity index (χ2n) is 4.73. The first-order chi connectivity index (χ1) is 9.74. The van der Waals surface area contributed by atoms with Gasteiger partial charge in [0.1, 0.15) is 13.2 Å². The predicted octanol–water partition coefficient (Wildman–Crippen LogP) is 3.63. The first-order valence-electron chi connectivity index (χ1n) is 6.66. The van der Waals surface area contributed by atoms with Gasteiger partial charge in [-0.15, -0.1) is 0 Å². The summed E-state index contributed by atoms with van der Waals surface area (Å²) in [6.07, 6.45) is 0. The standard InChI is InChI=1S/C16H17NO2S/c1-11(17)13-4-2-3-5-16(13)20-12-6-7-14-15(10-12)19-9-8-18-14/h2-7,10-11H,8-9,17H2,1H3/t11-/m0/s1. The van der Waals surface area contributed by atoms with Crippen LogP contribution in [0.3, 0.4) is 0 Å². The second-order valence-corrected chi connectivity index (χ2v) is 5.85. The van der Waals surface area contributed by atoms with Crippen LogP contribution >= 0.6 is 11.8 Å². The minimum Gasteiger partial charge on any atom is -0.486 e. The van der Waals surface area contributed by atoms with Crippen LogP contribution in [0.5, 0.6) is 11.5 Å². The zero-order valence-corrected chi connectivity index (χ0v) is 12.2. The molecule has 2 aromatic rings. The number of hydrogen-bond donors (Lipinski definition) is 1. The molecule has 104 valence electrons. The molecule has 3 nitrogen and oxygen atoms in total. The number of nitrogens with two attached hydrogens (primary N) is 1. The van der Waals surface area contributed by atoms with Crippen LogP contribution < -0.4 is 15.2 Å². The molecule has 0 fully saturated rings. The van der Waals surface area contributed by atoms with Crippen molar-refractivity contribution >= 4 is 11.8 Å². The number of fused-ring (bicyclic) bond motifs is 1. The molecule has 0 unspecified atom stereocenters. The molecule has 4 heteroatoms. The van der Waals surface area contributed by atoms with E-state index in [9.17, 15) is 0 Å². The van der Waals surface area contributed by atoms with Crippen molar-refractivity contribution in [1.29, 1.82) is 0 Å². The van der Waals surface area contributed by atoms with Gasteiger partial charge >= 0.3 is 0 Å². The molecule has 0 radical (unpaired) electrons. The van der Waals surface area contributed by atoms with Gasteiger partial charge in [0, 0.05) is 15.8 Å². The first-order valence-corrected chi connectivity index (χ1v) is 7.48. The average Bonchev–Trinajstić information content (AvgIpc) is 2.47. The lowest BCUT2D eigenvalue weighted by atomic mass is 10.1. The molecule has 1 aliphatic heterocycles. The molecule has 0 aromatic heterocycles. The van der Waals surface area contributed by atoms with Crippen LogP contribution in [0.1, 0.15) is 18.5 Å². The van der Waals surface area contributed by atoms with Crippen molar-refractivity contribution in [3.63, 3.8) is 0 Å². The summed E-state index contributed by atoms with van der Waals surface area (Å²) >= 11 is 1.70. The molecular weight excluding hydrogens is 270 g/mol. The average molecular weight is 287 g/mol. The Morgan fingerprint density at radius 2 is 1.80 bits per heavy atom. The summed E-state index contributed by atoms with van der Waals surface area (Å²) in [5, 5.41) is 0. The molecule has 20 heavy (non-hydrogen) atoms. The summed E-state index contributed by atoms with van der Waals surface area (Å²) in [5.74, 6) is 1.64. The van der Waals surface area contributed by atoms with Gasteiger partial charge in [-0.05, 0) is 36.8 Å². The second kappa shape index (κ2) is 5.77. The molecule has 1 heterocycles. The van der Waals surface area contributed by atoms with E-state index in [1.807, 2.05) is 31.2 Å². The van der Waals surface area contributed by atoms with Gasteiger partial charge in [0.2, 0.25) is 0 Å². The Hall–Kier alpha value is -1.65. The van der Waals surface area contributed by atoms with E-state index in [1.54, 1.807) is 11.8 Å². The van der Waals surface area contributed by atoms with Crippen molar-refractivity contribution in [3.05, 3.63) is 48.0 Å². The number of benzene rings is 2. The fourth-order valence-corrected chi connectivity index (χ4v) is 3.24. The molecule has 0 bridgehead atoms. The highest BCUT2D eigenvalue weighted by molar-refractivity contribution is 7.99. The Morgan fingerprint density at radius 3 is 2.60 bits per heavy atom. The molecule has 2 N–H and O–H groups in total. The van der Waals surface area contributed by atoms with Crippen LogP contribution in [0.25, 0.3) is 0 Å². The minimum atomic E-state index is 0.0240. The molecule has 0 saturated carbocycles. The number of rotatable bonds is 3. The van der Waals surface area contributed by atoms with E-state index < -0.39 is 0 Å². The highest BCUT2D eigenvalue weighted by Gasteiger charge is 2.13. The van der Waals surface area contributed by atoms with Crippen LogP contribution in [-0.4, -0.2) is 13.2 Å². The fourth-order valence-electron chi connectivity index (χ4n) is 2.16. The third-order valence-corrected chi connectivity index (χ3v) is 4.23. The fraction of sp³-hybridized carbons (Fsp3) is 0.250. The van der Waals surface area contributed by atoms with Gasteiger partial charge in [0.05, 0.1) is 0 Å². The maximum atomic E-state index is 6.02. The van der Waals surface area contributed by atoms with E-state index >= 15 is 0 Å². The molecule has 1 aliphatic rings. The molecule has 1 atom stereocenters. The lowest BCUT2D eigenvalue weighted by Crippen LogP contribution is -2.15. The topological polar surface area (TPSA) is 44.5 Å². The van der Waals surface area contributed by atoms with Crippen molar-refractivity contribution in [1.82, 2.24) is 0 Å². The summed E-state index contributed by atoms with van der Waals surface area (Å²) in [5.41, 5.74) is 7.18. The molecule has 3 rings (SSSR count). The van der Waals surface area contributed by atoms with Crippen molar-refractivity contribution < 1.29 is 9.47 Å². The van der Waals surface area contributed by atoms with Gasteiger partial charge in [0.15, 0.2) is 11.5 Å². The lowest BCUT2D eigenvalue weighted by Gasteiger charge is -2.19. The van der Waals surface area contributed by atoms with Crippen LogP contribution in [0.4, 0.5) is 0 Å². The maximum absolute atomic E-state index is 6.02. The van der Waals surface area contributed by atoms with Crippen molar-refractivity contribution in [2.24, 2.45) is 5.73 Å². The Morgan fingerprint density at radius 1 is 1.05 bits per heavy atom. The summed E-state index contributed by atoms with van der Waals surface area (Å²) in [4.78, 5) is 2.31. The summed E-state index contributed by atoms with van der Waals surface area (Å²) in [7, 11) is 0. The molecule has 0 amide bonds. The summed E-state index contributed by atoms with van der Waals surface area (Å²) in [6, 6.07) is 14.3. The quantitative estimate of drug-likeness (QED) is 0.936. The van der Waals surface area contributed by atoms with Crippen LogP contribution in [-0.2, 0) is 0 Å². The number of ether oxygens (including phenoxy) is 2. The molecular formula is C16H17NO2S. The van der Waals surface area contributed by atoms with Gasteiger partial charge in [-0.25, -0.2) is 0 Å². The highest BCUT2D eigenvalue weighted by Crippen LogP contribution is 2.38.